The van der Waals surface area contributed by atoms with Crippen molar-refractivity contribution in [1.82, 2.24) is 15.0 Å². The number of nitrogens with one attached hydrogen (secondary N) is 2. The monoisotopic (exact) mass is 294 g/mol. The second-order valence-electron chi connectivity index (χ2n) is 5.70. The van der Waals surface area contributed by atoms with Crippen LogP contribution >= 0.6 is 0 Å². The van der Waals surface area contributed by atoms with Crippen molar-refractivity contribution in [2.45, 2.75) is 45.6 Å². The fourth-order valence-electron chi connectivity index (χ4n) is 2.23. The summed E-state index contributed by atoms with van der Waals surface area (Å²) in [5.74, 6) is 1.80. The average Bonchev–Trinajstić information content (AvgIpc) is 3.01. The first-order chi connectivity index (χ1) is 10.1. The Morgan fingerprint density at radius 2 is 1.81 bits per heavy atom. The minimum atomic E-state index is -0.423. The van der Waals surface area contributed by atoms with Gasteiger partial charge in [0.05, 0.1) is 12.1 Å². The van der Waals surface area contributed by atoms with Gasteiger partial charge in [0.2, 0.25) is 17.8 Å². The number of aliphatic hydroxyl groups is 1. The topological polar surface area (TPSA) is 86.2 Å². The van der Waals surface area contributed by atoms with Gasteiger partial charge < -0.3 is 20.6 Å². The zero-order valence-corrected chi connectivity index (χ0v) is 13.2. The quantitative estimate of drug-likeness (QED) is 0.702. The molecule has 0 spiro atoms. The first kappa shape index (κ1) is 15.8. The van der Waals surface area contributed by atoms with Crippen LogP contribution < -0.4 is 15.5 Å². The zero-order valence-electron chi connectivity index (χ0n) is 13.2. The lowest BCUT2D eigenvalue weighted by atomic mass is 10.0. The molecule has 7 heteroatoms. The lowest BCUT2D eigenvalue weighted by molar-refractivity contribution is 0.218. The highest BCUT2D eigenvalue weighted by atomic mass is 16.3. The molecule has 1 saturated heterocycles. The summed E-state index contributed by atoms with van der Waals surface area (Å²) in [6.07, 6.45) is 3.13. The van der Waals surface area contributed by atoms with Crippen molar-refractivity contribution >= 4 is 17.8 Å². The van der Waals surface area contributed by atoms with Crippen LogP contribution in [0.5, 0.6) is 0 Å². The Morgan fingerprint density at radius 3 is 2.38 bits per heavy atom. The van der Waals surface area contributed by atoms with Crippen LogP contribution in [0.4, 0.5) is 17.8 Å². The number of hydrogen-bond donors (Lipinski definition) is 3. The van der Waals surface area contributed by atoms with Crippen molar-refractivity contribution in [2.24, 2.45) is 0 Å². The van der Waals surface area contributed by atoms with Crippen molar-refractivity contribution in [3.63, 3.8) is 0 Å². The van der Waals surface area contributed by atoms with Gasteiger partial charge in [-0.1, -0.05) is 6.92 Å². The van der Waals surface area contributed by atoms with Gasteiger partial charge in [0.15, 0.2) is 0 Å². The summed E-state index contributed by atoms with van der Waals surface area (Å²) in [5.41, 5.74) is -0.423. The first-order valence-electron chi connectivity index (χ1n) is 7.74. The first-order valence-corrected chi connectivity index (χ1v) is 7.74. The van der Waals surface area contributed by atoms with Gasteiger partial charge in [-0.2, -0.15) is 15.0 Å². The molecule has 2 rings (SSSR count). The summed E-state index contributed by atoms with van der Waals surface area (Å²) in [5, 5.41) is 15.9. The Morgan fingerprint density at radius 1 is 1.14 bits per heavy atom. The minimum absolute atomic E-state index is 0.0325. The van der Waals surface area contributed by atoms with E-state index in [0.29, 0.717) is 17.8 Å². The number of anilines is 3. The van der Waals surface area contributed by atoms with Crippen LogP contribution in [0.1, 0.15) is 40.0 Å². The van der Waals surface area contributed by atoms with E-state index in [0.717, 1.165) is 26.1 Å². The van der Waals surface area contributed by atoms with Crippen molar-refractivity contribution in [1.29, 1.82) is 0 Å². The van der Waals surface area contributed by atoms with Crippen molar-refractivity contribution in [3.05, 3.63) is 0 Å². The van der Waals surface area contributed by atoms with E-state index in [2.05, 4.69) is 30.5 Å². The van der Waals surface area contributed by atoms with Gasteiger partial charge in [0.1, 0.15) is 0 Å². The van der Waals surface area contributed by atoms with Gasteiger partial charge in [-0.15, -0.1) is 0 Å². The fraction of sp³-hybridized carbons (Fsp3) is 0.786. The van der Waals surface area contributed by atoms with Crippen molar-refractivity contribution < 1.29 is 5.11 Å². The Bertz CT molecular complexity index is 457. The summed E-state index contributed by atoms with van der Waals surface area (Å²) in [6, 6.07) is 0. The molecule has 3 N–H and O–H groups in total. The van der Waals surface area contributed by atoms with Crippen LogP contribution in [-0.2, 0) is 0 Å². The van der Waals surface area contributed by atoms with Crippen LogP contribution in [0.2, 0.25) is 0 Å². The highest BCUT2D eigenvalue weighted by molar-refractivity contribution is 5.45. The molecule has 0 aromatic carbocycles. The molecular formula is C14H26N6O. The van der Waals surface area contributed by atoms with Crippen LogP contribution in [0, 0.1) is 0 Å². The summed E-state index contributed by atoms with van der Waals surface area (Å²) >= 11 is 0. The number of hydrogen-bond acceptors (Lipinski definition) is 7. The minimum Gasteiger partial charge on any atom is -0.394 e. The molecule has 1 atom stereocenters. The third-order valence-corrected chi connectivity index (χ3v) is 3.89. The second kappa shape index (κ2) is 6.89. The molecule has 0 radical (unpaired) electrons. The maximum atomic E-state index is 9.54. The standard InChI is InChI=1S/C14H26N6O/c1-4-14(3,10-21)19-12-16-11(15-5-2)17-13(18-12)20-8-6-7-9-20/h21H,4-10H2,1-3H3,(H2,15,16,17,18,19). The van der Waals surface area contributed by atoms with Gasteiger partial charge in [0, 0.05) is 19.6 Å². The highest BCUT2D eigenvalue weighted by Crippen LogP contribution is 2.21. The van der Waals surface area contributed by atoms with Crippen molar-refractivity contribution in [3.8, 4) is 0 Å². The zero-order chi connectivity index (χ0) is 15.3. The molecule has 1 unspecified atom stereocenters. The molecule has 1 aromatic heterocycles. The van der Waals surface area contributed by atoms with Crippen LogP contribution in [0.15, 0.2) is 0 Å². The molecule has 21 heavy (non-hydrogen) atoms. The smallest absolute Gasteiger partial charge is 0.231 e. The Labute approximate surface area is 126 Å². The molecule has 118 valence electrons. The largest absolute Gasteiger partial charge is 0.394 e. The van der Waals surface area contributed by atoms with Crippen molar-refractivity contribution in [2.75, 3.05) is 41.8 Å². The second-order valence-corrected chi connectivity index (χ2v) is 5.70. The number of rotatable bonds is 7. The van der Waals surface area contributed by atoms with E-state index in [1.165, 1.54) is 12.8 Å². The summed E-state index contributed by atoms with van der Waals surface area (Å²) in [6.45, 7) is 8.76. The van der Waals surface area contributed by atoms with Crippen LogP contribution in [0.25, 0.3) is 0 Å². The summed E-state index contributed by atoms with van der Waals surface area (Å²) in [4.78, 5) is 15.6. The van der Waals surface area contributed by atoms with Crippen LogP contribution in [-0.4, -0.2) is 51.8 Å². The van der Waals surface area contributed by atoms with E-state index < -0.39 is 5.54 Å². The predicted molar refractivity (Wildman–Crippen MR) is 84.8 cm³/mol. The Balaban J connectivity index is 2.26. The molecule has 1 aromatic rings. The predicted octanol–water partition coefficient (Wildman–Crippen LogP) is 1.48. The Kier molecular flexibility index (Phi) is 5.17. The van der Waals surface area contributed by atoms with E-state index in [-0.39, 0.29) is 6.61 Å². The molecule has 2 heterocycles. The molecule has 0 aliphatic carbocycles. The lowest BCUT2D eigenvalue weighted by Crippen LogP contribution is -2.39. The van der Waals surface area contributed by atoms with E-state index >= 15 is 0 Å². The van der Waals surface area contributed by atoms with E-state index in [1.54, 1.807) is 0 Å². The van der Waals surface area contributed by atoms with Gasteiger partial charge in [-0.05, 0) is 33.1 Å². The molecule has 1 fully saturated rings. The van der Waals surface area contributed by atoms with E-state index in [1.807, 2.05) is 20.8 Å². The third-order valence-electron chi connectivity index (χ3n) is 3.89. The average molecular weight is 294 g/mol. The van der Waals surface area contributed by atoms with E-state index in [9.17, 15) is 5.11 Å². The van der Waals surface area contributed by atoms with E-state index in [4.69, 9.17) is 0 Å². The molecule has 7 nitrogen and oxygen atoms in total. The molecule has 0 saturated carbocycles. The number of aromatic nitrogens is 3. The van der Waals surface area contributed by atoms with Crippen LogP contribution in [0.3, 0.4) is 0 Å². The maximum absolute atomic E-state index is 9.54. The number of nitrogens with zero attached hydrogens (tertiary/aromatic N) is 4. The lowest BCUT2D eigenvalue weighted by Gasteiger charge is -2.27. The van der Waals surface area contributed by atoms with Gasteiger partial charge in [-0.3, -0.25) is 0 Å². The molecule has 1 aliphatic rings. The van der Waals surface area contributed by atoms with Gasteiger partial charge in [-0.25, -0.2) is 0 Å². The number of aliphatic hydroxyl groups excluding tert-OH is 1. The summed E-state index contributed by atoms with van der Waals surface area (Å²) < 4.78 is 0. The molecule has 1 aliphatic heterocycles. The highest BCUT2D eigenvalue weighted by Gasteiger charge is 2.24. The molecule has 0 amide bonds. The SMILES string of the molecule is CCNc1nc(NC(C)(CC)CO)nc(N2CCCC2)n1. The molecule has 0 bridgehead atoms. The molecular weight excluding hydrogens is 268 g/mol. The fourth-order valence-corrected chi connectivity index (χ4v) is 2.23. The Hall–Kier alpha value is -1.63. The summed E-state index contributed by atoms with van der Waals surface area (Å²) in [7, 11) is 0. The normalized spacial score (nSPS) is 17.6. The van der Waals surface area contributed by atoms with Gasteiger partial charge >= 0.3 is 0 Å². The van der Waals surface area contributed by atoms with Gasteiger partial charge in [0.25, 0.3) is 0 Å². The third kappa shape index (κ3) is 3.93. The maximum Gasteiger partial charge on any atom is 0.231 e.